The number of carbonyl (C=O) groups is 1. The van der Waals surface area contributed by atoms with E-state index in [1.54, 1.807) is 7.11 Å². The zero-order valence-electron chi connectivity index (χ0n) is 14.7. The predicted molar refractivity (Wildman–Crippen MR) is 104 cm³/mol. The number of methoxy groups -OCH3 is 1. The van der Waals surface area contributed by atoms with Gasteiger partial charge in [-0.15, -0.1) is 10.2 Å². The van der Waals surface area contributed by atoms with Crippen LogP contribution in [0.3, 0.4) is 0 Å². The highest BCUT2D eigenvalue weighted by molar-refractivity contribution is 8.01. The van der Waals surface area contributed by atoms with Gasteiger partial charge in [0.05, 0.1) is 12.9 Å². The second-order valence-electron chi connectivity index (χ2n) is 5.88. The number of rotatable bonds is 10. The molecule has 1 heterocycles. The monoisotopic (exact) mass is 380 g/mol. The predicted octanol–water partition coefficient (Wildman–Crippen LogP) is 3.07. The Kier molecular flexibility index (Phi) is 8.00. The van der Waals surface area contributed by atoms with Gasteiger partial charge in [-0.25, -0.2) is 0 Å². The highest BCUT2D eigenvalue weighted by Crippen LogP contribution is 2.25. The minimum atomic E-state index is 0.00500. The van der Waals surface area contributed by atoms with E-state index in [1.165, 1.54) is 28.7 Å². The van der Waals surface area contributed by atoms with Crippen molar-refractivity contribution < 1.29 is 9.53 Å². The summed E-state index contributed by atoms with van der Waals surface area (Å²) in [6.45, 7) is 5.76. The summed E-state index contributed by atoms with van der Waals surface area (Å²) in [5.74, 6) is 1.74. The highest BCUT2D eigenvalue weighted by Gasteiger charge is 2.08. The fourth-order valence-corrected chi connectivity index (χ4v) is 3.54. The van der Waals surface area contributed by atoms with Crippen molar-refractivity contribution in [3.05, 3.63) is 29.8 Å². The Bertz CT molecular complexity index is 659. The van der Waals surface area contributed by atoms with Crippen LogP contribution in [0.25, 0.3) is 0 Å². The van der Waals surface area contributed by atoms with E-state index in [2.05, 4.69) is 34.7 Å². The largest absolute Gasteiger partial charge is 0.497 e. The third-order valence-electron chi connectivity index (χ3n) is 3.29. The number of anilines is 1. The molecular formula is C17H24N4O2S2. The van der Waals surface area contributed by atoms with Crippen molar-refractivity contribution >= 4 is 34.1 Å². The van der Waals surface area contributed by atoms with E-state index in [0.29, 0.717) is 18.2 Å². The van der Waals surface area contributed by atoms with Gasteiger partial charge in [-0.2, -0.15) is 0 Å². The maximum Gasteiger partial charge on any atom is 0.230 e. The quantitative estimate of drug-likeness (QED) is 0.617. The number of hydrogen-bond acceptors (Lipinski definition) is 7. The van der Waals surface area contributed by atoms with E-state index in [4.69, 9.17) is 4.74 Å². The van der Waals surface area contributed by atoms with Gasteiger partial charge in [-0.3, -0.25) is 4.79 Å². The molecule has 0 atom stereocenters. The Morgan fingerprint density at radius 2 is 2.04 bits per heavy atom. The first-order valence-electron chi connectivity index (χ1n) is 8.16. The first kappa shape index (κ1) is 19.5. The molecule has 1 amide bonds. The number of nitrogens with zero attached hydrogens (tertiary/aromatic N) is 2. The lowest BCUT2D eigenvalue weighted by Gasteiger charge is -2.05. The van der Waals surface area contributed by atoms with Crippen LogP contribution in [0.5, 0.6) is 5.75 Å². The second kappa shape index (κ2) is 10.2. The van der Waals surface area contributed by atoms with Gasteiger partial charge in [0.1, 0.15) is 5.75 Å². The van der Waals surface area contributed by atoms with Crippen molar-refractivity contribution in [2.24, 2.45) is 5.92 Å². The van der Waals surface area contributed by atoms with Crippen LogP contribution in [-0.4, -0.2) is 42.1 Å². The van der Waals surface area contributed by atoms with Gasteiger partial charge in [0, 0.05) is 13.1 Å². The number of thioether (sulfide) groups is 1. The fraction of sp³-hybridized carbons (Fsp3) is 0.471. The standard InChI is InChI=1S/C17H24N4O2S2/c1-12(2)10-19-16-20-21-17(25-16)24-11-15(22)18-9-8-13-4-6-14(23-3)7-5-13/h4-7,12H,8-11H2,1-3H3,(H,18,22)(H,19,20). The third kappa shape index (κ3) is 7.31. The molecule has 25 heavy (non-hydrogen) atoms. The molecule has 6 nitrogen and oxygen atoms in total. The Balaban J connectivity index is 1.65. The average molecular weight is 381 g/mol. The SMILES string of the molecule is COc1ccc(CCNC(=O)CSc2nnc(NCC(C)C)s2)cc1. The van der Waals surface area contributed by atoms with Crippen LogP contribution in [0.1, 0.15) is 19.4 Å². The van der Waals surface area contributed by atoms with Crippen molar-refractivity contribution in [1.29, 1.82) is 0 Å². The third-order valence-corrected chi connectivity index (χ3v) is 5.30. The molecule has 2 N–H and O–H groups in total. The summed E-state index contributed by atoms with van der Waals surface area (Å²) >= 11 is 2.89. The molecule has 0 spiro atoms. The Hall–Kier alpha value is -1.80. The van der Waals surface area contributed by atoms with Crippen LogP contribution >= 0.6 is 23.1 Å². The molecule has 2 aromatic rings. The minimum Gasteiger partial charge on any atom is -0.497 e. The Morgan fingerprint density at radius 1 is 1.28 bits per heavy atom. The van der Waals surface area contributed by atoms with Gasteiger partial charge in [0.15, 0.2) is 4.34 Å². The van der Waals surface area contributed by atoms with Crippen molar-refractivity contribution in [1.82, 2.24) is 15.5 Å². The number of benzene rings is 1. The Labute approximate surface area is 156 Å². The number of ether oxygens (including phenoxy) is 1. The molecule has 0 fully saturated rings. The number of carbonyl (C=O) groups excluding carboxylic acids is 1. The molecule has 1 aromatic heterocycles. The van der Waals surface area contributed by atoms with Crippen LogP contribution < -0.4 is 15.4 Å². The molecule has 0 saturated carbocycles. The maximum atomic E-state index is 11.9. The smallest absolute Gasteiger partial charge is 0.230 e. The number of aromatic nitrogens is 2. The highest BCUT2D eigenvalue weighted by atomic mass is 32.2. The van der Waals surface area contributed by atoms with Crippen molar-refractivity contribution in [3.63, 3.8) is 0 Å². The molecule has 0 aliphatic carbocycles. The lowest BCUT2D eigenvalue weighted by molar-refractivity contribution is -0.118. The number of hydrogen-bond donors (Lipinski definition) is 2. The van der Waals surface area contributed by atoms with Crippen LogP contribution in [0.2, 0.25) is 0 Å². The van der Waals surface area contributed by atoms with Crippen LogP contribution in [0.15, 0.2) is 28.6 Å². The lowest BCUT2D eigenvalue weighted by Crippen LogP contribution is -2.27. The van der Waals surface area contributed by atoms with Crippen LogP contribution in [-0.2, 0) is 11.2 Å². The van der Waals surface area contributed by atoms with E-state index in [1.807, 2.05) is 24.3 Å². The molecule has 0 bridgehead atoms. The summed E-state index contributed by atoms with van der Waals surface area (Å²) in [6.07, 6.45) is 0.794. The molecular weight excluding hydrogens is 356 g/mol. The molecule has 8 heteroatoms. The van der Waals surface area contributed by atoms with Gasteiger partial charge in [-0.1, -0.05) is 49.1 Å². The normalized spacial score (nSPS) is 10.7. The first-order chi connectivity index (χ1) is 12.1. The van der Waals surface area contributed by atoms with Crippen molar-refractivity contribution in [3.8, 4) is 5.75 Å². The second-order valence-corrected chi connectivity index (χ2v) is 8.08. The van der Waals surface area contributed by atoms with E-state index in [0.717, 1.165) is 28.2 Å². The van der Waals surface area contributed by atoms with Gasteiger partial charge < -0.3 is 15.4 Å². The molecule has 0 aliphatic rings. The van der Waals surface area contributed by atoms with Crippen LogP contribution in [0.4, 0.5) is 5.13 Å². The molecule has 2 rings (SSSR count). The zero-order valence-corrected chi connectivity index (χ0v) is 16.4. The average Bonchev–Trinajstić information content (AvgIpc) is 3.07. The first-order valence-corrected chi connectivity index (χ1v) is 9.97. The summed E-state index contributed by atoms with van der Waals surface area (Å²) in [7, 11) is 1.65. The molecule has 0 aliphatic heterocycles. The summed E-state index contributed by atoms with van der Waals surface area (Å²) in [5, 5.41) is 15.1. The van der Waals surface area contributed by atoms with Crippen molar-refractivity contribution in [2.45, 2.75) is 24.6 Å². The van der Waals surface area contributed by atoms with E-state index in [-0.39, 0.29) is 5.91 Å². The molecule has 0 radical (unpaired) electrons. The van der Waals surface area contributed by atoms with Gasteiger partial charge in [0.25, 0.3) is 0 Å². The molecule has 0 unspecified atom stereocenters. The number of nitrogens with one attached hydrogen (secondary N) is 2. The number of amides is 1. The minimum absolute atomic E-state index is 0.00500. The summed E-state index contributed by atoms with van der Waals surface area (Å²) in [5.41, 5.74) is 1.17. The maximum absolute atomic E-state index is 11.9. The van der Waals surface area contributed by atoms with Crippen LogP contribution in [0, 0.1) is 5.92 Å². The van der Waals surface area contributed by atoms with E-state index in [9.17, 15) is 4.79 Å². The Morgan fingerprint density at radius 3 is 2.72 bits per heavy atom. The van der Waals surface area contributed by atoms with Gasteiger partial charge >= 0.3 is 0 Å². The lowest BCUT2D eigenvalue weighted by atomic mass is 10.1. The fourth-order valence-electron chi connectivity index (χ4n) is 1.95. The topological polar surface area (TPSA) is 76.1 Å². The van der Waals surface area contributed by atoms with Gasteiger partial charge in [0.2, 0.25) is 11.0 Å². The summed E-state index contributed by atoms with van der Waals surface area (Å²) in [4.78, 5) is 11.9. The summed E-state index contributed by atoms with van der Waals surface area (Å²) < 4.78 is 5.93. The van der Waals surface area contributed by atoms with E-state index >= 15 is 0 Å². The molecule has 1 aromatic carbocycles. The molecule has 136 valence electrons. The van der Waals surface area contributed by atoms with Crippen molar-refractivity contribution in [2.75, 3.05) is 31.3 Å². The van der Waals surface area contributed by atoms with E-state index < -0.39 is 0 Å². The summed E-state index contributed by atoms with van der Waals surface area (Å²) in [6, 6.07) is 7.86. The molecule has 0 saturated heterocycles. The van der Waals surface area contributed by atoms with Gasteiger partial charge in [-0.05, 0) is 30.0 Å². The zero-order chi connectivity index (χ0) is 18.1.